The molecule has 0 radical (unpaired) electrons. The zero-order chi connectivity index (χ0) is 26.4. The number of nitrogens with zero attached hydrogens (tertiary/aromatic N) is 2. The van der Waals surface area contributed by atoms with Crippen LogP contribution in [0.1, 0.15) is 44.1 Å². The van der Waals surface area contributed by atoms with Crippen molar-refractivity contribution in [2.45, 2.75) is 62.8 Å². The topological polar surface area (TPSA) is 96.4 Å². The molecule has 3 saturated heterocycles. The Balaban J connectivity index is 1.63. The Morgan fingerprint density at radius 3 is 2.68 bits per heavy atom. The maximum Gasteiger partial charge on any atom is 0.312 e. The standard InChI is InChI=1S/C29H38N2O6/c1-3-5-11-19-36-28(35)23-22-14-15-29(37-22)24(23)26(33)31(17-9-10-18-32)25(29)27(34)30(16-4-2)20-21-12-7-6-8-13-21/h3-4,6-8,12-13,22-25,32H,1-2,5,9-11,14-20H2/t22-,23+,24+,25?,29?/m1/s1. The lowest BCUT2D eigenvalue weighted by atomic mass is 9.70. The molecule has 2 bridgehead atoms. The summed E-state index contributed by atoms with van der Waals surface area (Å²) in [5, 5.41) is 9.32. The molecule has 3 heterocycles. The van der Waals surface area contributed by atoms with Gasteiger partial charge in [0.2, 0.25) is 11.8 Å². The predicted octanol–water partition coefficient (Wildman–Crippen LogP) is 2.86. The molecule has 200 valence electrons. The number of ether oxygens (including phenoxy) is 2. The van der Waals surface area contributed by atoms with Gasteiger partial charge in [0.15, 0.2) is 0 Å². The number of aliphatic hydroxyl groups excluding tert-OH is 1. The number of hydrogen-bond acceptors (Lipinski definition) is 6. The van der Waals surface area contributed by atoms with Crippen molar-refractivity contribution in [1.29, 1.82) is 0 Å². The second-order valence-corrected chi connectivity index (χ2v) is 10.1. The van der Waals surface area contributed by atoms with Crippen molar-refractivity contribution >= 4 is 17.8 Å². The van der Waals surface area contributed by atoms with E-state index in [1.807, 2.05) is 30.3 Å². The van der Waals surface area contributed by atoms with E-state index in [9.17, 15) is 19.5 Å². The molecule has 3 fully saturated rings. The van der Waals surface area contributed by atoms with Gasteiger partial charge in [-0.1, -0.05) is 42.5 Å². The molecule has 0 saturated carbocycles. The Morgan fingerprint density at radius 2 is 1.97 bits per heavy atom. The van der Waals surface area contributed by atoms with Crippen molar-refractivity contribution in [3.8, 4) is 0 Å². The molecule has 4 rings (SSSR count). The van der Waals surface area contributed by atoms with Crippen LogP contribution in [0.2, 0.25) is 0 Å². The third-order valence-corrected chi connectivity index (χ3v) is 7.79. The van der Waals surface area contributed by atoms with Crippen LogP contribution in [0.5, 0.6) is 0 Å². The molecular weight excluding hydrogens is 472 g/mol. The Bertz CT molecular complexity index is 997. The van der Waals surface area contributed by atoms with Gasteiger partial charge in [-0.3, -0.25) is 14.4 Å². The first-order chi connectivity index (χ1) is 18.0. The molecule has 2 unspecified atom stereocenters. The Morgan fingerprint density at radius 1 is 1.19 bits per heavy atom. The maximum absolute atomic E-state index is 14.2. The van der Waals surface area contributed by atoms with Gasteiger partial charge >= 0.3 is 5.97 Å². The van der Waals surface area contributed by atoms with E-state index in [1.165, 1.54) is 0 Å². The van der Waals surface area contributed by atoms with Gasteiger partial charge in [0.05, 0.1) is 24.5 Å². The smallest absolute Gasteiger partial charge is 0.312 e. The van der Waals surface area contributed by atoms with E-state index >= 15 is 0 Å². The number of fused-ring (bicyclic) bond motifs is 1. The number of aliphatic hydroxyl groups is 1. The molecule has 0 aromatic heterocycles. The first-order valence-electron chi connectivity index (χ1n) is 13.3. The normalized spacial score (nSPS) is 27.7. The molecule has 2 amide bonds. The Hall–Kier alpha value is -2.97. The van der Waals surface area contributed by atoms with Crippen molar-refractivity contribution in [1.82, 2.24) is 9.80 Å². The lowest BCUT2D eigenvalue weighted by Crippen LogP contribution is -2.56. The lowest BCUT2D eigenvalue weighted by molar-refractivity contribution is -0.155. The van der Waals surface area contributed by atoms with Crippen molar-refractivity contribution < 1.29 is 29.0 Å². The van der Waals surface area contributed by atoms with Crippen molar-refractivity contribution in [2.75, 3.05) is 26.3 Å². The van der Waals surface area contributed by atoms with Crippen LogP contribution in [0.4, 0.5) is 0 Å². The molecule has 3 aliphatic rings. The summed E-state index contributed by atoms with van der Waals surface area (Å²) in [5.41, 5.74) is -0.0839. The second-order valence-electron chi connectivity index (χ2n) is 10.1. The van der Waals surface area contributed by atoms with Crippen molar-refractivity contribution in [2.24, 2.45) is 11.8 Å². The van der Waals surface area contributed by atoms with Crippen LogP contribution in [0.25, 0.3) is 0 Å². The minimum atomic E-state index is -1.06. The molecule has 1 aromatic carbocycles. The van der Waals surface area contributed by atoms with E-state index in [4.69, 9.17) is 9.47 Å². The van der Waals surface area contributed by atoms with Crippen LogP contribution < -0.4 is 0 Å². The van der Waals surface area contributed by atoms with Gasteiger partial charge < -0.3 is 24.4 Å². The Kier molecular flexibility index (Phi) is 8.82. The zero-order valence-corrected chi connectivity index (χ0v) is 21.4. The number of hydrogen-bond donors (Lipinski definition) is 1. The van der Waals surface area contributed by atoms with Crippen molar-refractivity contribution in [3.63, 3.8) is 0 Å². The fraction of sp³-hybridized carbons (Fsp3) is 0.552. The molecule has 1 aromatic rings. The summed E-state index contributed by atoms with van der Waals surface area (Å²) in [7, 11) is 0. The molecule has 8 nitrogen and oxygen atoms in total. The number of unbranched alkanes of at least 4 members (excludes halogenated alkanes) is 2. The number of rotatable bonds is 14. The van der Waals surface area contributed by atoms with E-state index in [0.717, 1.165) is 12.0 Å². The van der Waals surface area contributed by atoms with Crippen LogP contribution in [0, 0.1) is 11.8 Å². The van der Waals surface area contributed by atoms with E-state index < -0.39 is 35.6 Å². The first-order valence-corrected chi connectivity index (χ1v) is 13.3. The van der Waals surface area contributed by atoms with Gasteiger partial charge in [0.25, 0.3) is 0 Å². The molecule has 8 heteroatoms. The first kappa shape index (κ1) is 27.1. The molecule has 0 aliphatic carbocycles. The highest BCUT2D eigenvalue weighted by Crippen LogP contribution is 2.58. The third-order valence-electron chi connectivity index (χ3n) is 7.79. The van der Waals surface area contributed by atoms with Gasteiger partial charge in [-0.05, 0) is 44.1 Å². The number of carbonyl (C=O) groups is 3. The second kappa shape index (κ2) is 12.0. The summed E-state index contributed by atoms with van der Waals surface area (Å²) in [6.45, 7) is 8.80. The van der Waals surface area contributed by atoms with E-state index in [1.54, 1.807) is 22.0 Å². The van der Waals surface area contributed by atoms with Gasteiger partial charge in [-0.2, -0.15) is 0 Å². The van der Waals surface area contributed by atoms with Crippen LogP contribution in [-0.4, -0.2) is 76.7 Å². The number of carbonyl (C=O) groups excluding carboxylic acids is 3. The van der Waals surface area contributed by atoms with Gasteiger partial charge in [-0.25, -0.2) is 0 Å². The van der Waals surface area contributed by atoms with Gasteiger partial charge in [0.1, 0.15) is 11.6 Å². The highest BCUT2D eigenvalue weighted by atomic mass is 16.6. The number of allylic oxidation sites excluding steroid dienone is 1. The van der Waals surface area contributed by atoms with Gasteiger partial charge in [0, 0.05) is 26.2 Å². The minimum absolute atomic E-state index is 0.00401. The Labute approximate surface area is 218 Å². The van der Waals surface area contributed by atoms with Gasteiger partial charge in [-0.15, -0.1) is 13.2 Å². The molecule has 3 aliphatic heterocycles. The monoisotopic (exact) mass is 510 g/mol. The molecule has 1 N–H and O–H groups in total. The fourth-order valence-corrected chi connectivity index (χ4v) is 6.20. The third kappa shape index (κ3) is 5.22. The fourth-order valence-electron chi connectivity index (χ4n) is 6.20. The summed E-state index contributed by atoms with van der Waals surface area (Å²) in [5.74, 6) is -2.33. The number of amides is 2. The lowest BCUT2D eigenvalue weighted by Gasteiger charge is -2.36. The average molecular weight is 511 g/mol. The molecule has 5 atom stereocenters. The highest BCUT2D eigenvalue weighted by molar-refractivity contribution is 5.98. The number of likely N-dealkylation sites (tertiary alicyclic amines) is 1. The van der Waals surface area contributed by atoms with Crippen LogP contribution in [-0.2, 0) is 30.4 Å². The summed E-state index contributed by atoms with van der Waals surface area (Å²) in [4.78, 5) is 44.6. The van der Waals surface area contributed by atoms with Crippen LogP contribution in [0.15, 0.2) is 55.6 Å². The summed E-state index contributed by atoms with van der Waals surface area (Å²) < 4.78 is 12.0. The maximum atomic E-state index is 14.2. The quantitative estimate of drug-likeness (QED) is 0.235. The zero-order valence-electron chi connectivity index (χ0n) is 21.4. The molecule has 37 heavy (non-hydrogen) atoms. The average Bonchev–Trinajstić information content (AvgIpc) is 3.54. The number of benzene rings is 1. The molecular formula is C29H38N2O6. The summed E-state index contributed by atoms with van der Waals surface area (Å²) >= 11 is 0. The highest BCUT2D eigenvalue weighted by Gasteiger charge is 2.75. The van der Waals surface area contributed by atoms with Crippen LogP contribution >= 0.6 is 0 Å². The van der Waals surface area contributed by atoms with Crippen molar-refractivity contribution in [3.05, 3.63) is 61.2 Å². The summed E-state index contributed by atoms with van der Waals surface area (Å²) in [6, 6.07) is 8.85. The SMILES string of the molecule is C=CCCCOC(=O)[C@@H]1[C@H]2C(=O)N(CCCCO)C(C(=O)N(CC=C)Cc3ccccc3)C23CC[C@H]1O3. The van der Waals surface area contributed by atoms with Crippen LogP contribution in [0.3, 0.4) is 0 Å². The summed E-state index contributed by atoms with van der Waals surface area (Å²) in [6.07, 6.45) is 6.63. The number of esters is 1. The largest absolute Gasteiger partial charge is 0.465 e. The van der Waals surface area contributed by atoms with E-state index in [0.29, 0.717) is 51.7 Å². The van der Waals surface area contributed by atoms with E-state index in [-0.39, 0.29) is 25.0 Å². The predicted molar refractivity (Wildman–Crippen MR) is 138 cm³/mol. The van der Waals surface area contributed by atoms with E-state index in [2.05, 4.69) is 13.2 Å². The molecule has 1 spiro atoms. The minimum Gasteiger partial charge on any atom is -0.465 e.